The van der Waals surface area contributed by atoms with Gasteiger partial charge in [0.1, 0.15) is 6.04 Å². The summed E-state index contributed by atoms with van der Waals surface area (Å²) in [6.07, 6.45) is 0.128. The molecule has 0 aliphatic carbocycles. The first-order valence-electron chi connectivity index (χ1n) is 7.39. The molecule has 6 nitrogen and oxygen atoms in total. The highest BCUT2D eigenvalue weighted by Crippen LogP contribution is 2.24. The number of amides is 3. The van der Waals surface area contributed by atoms with Gasteiger partial charge in [0.15, 0.2) is 0 Å². The number of sulfonamides is 1. The average Bonchev–Trinajstić information content (AvgIpc) is 2.83. The van der Waals surface area contributed by atoms with Crippen molar-refractivity contribution in [1.29, 1.82) is 0 Å². The average molecular weight is 344 g/mol. The number of nitrogens with zero attached hydrogens (tertiary/aromatic N) is 1. The highest BCUT2D eigenvalue weighted by Gasteiger charge is 2.46. The predicted octanol–water partition coefficient (Wildman–Crippen LogP) is 1.85. The van der Waals surface area contributed by atoms with Crippen molar-refractivity contribution in [3.63, 3.8) is 0 Å². The molecular weight excluding hydrogens is 328 g/mol. The van der Waals surface area contributed by atoms with E-state index in [0.717, 1.165) is 11.1 Å². The number of aryl methyl sites for hydroxylation is 1. The molecule has 2 aromatic rings. The first-order chi connectivity index (χ1) is 11.4. The predicted molar refractivity (Wildman–Crippen MR) is 87.7 cm³/mol. The largest absolute Gasteiger partial charge is 0.338 e. The Labute approximate surface area is 140 Å². The van der Waals surface area contributed by atoms with Crippen LogP contribution < -0.4 is 5.32 Å². The quantitative estimate of drug-likeness (QED) is 0.858. The summed E-state index contributed by atoms with van der Waals surface area (Å²) in [5, 5.41) is 2.09. The zero-order valence-corrected chi connectivity index (χ0v) is 13.8. The molecule has 24 heavy (non-hydrogen) atoms. The molecule has 1 atom stereocenters. The van der Waals surface area contributed by atoms with E-state index in [4.69, 9.17) is 0 Å². The van der Waals surface area contributed by atoms with Gasteiger partial charge in [-0.2, -0.15) is 0 Å². The number of imide groups is 1. The normalized spacial score (nSPS) is 17.9. The number of rotatable bonds is 4. The Hall–Kier alpha value is -2.67. The Morgan fingerprint density at radius 1 is 1.00 bits per heavy atom. The van der Waals surface area contributed by atoms with Crippen LogP contribution in [0.3, 0.4) is 0 Å². The molecule has 7 heteroatoms. The van der Waals surface area contributed by atoms with Crippen LogP contribution in [0.4, 0.5) is 4.79 Å². The fraction of sp³-hybridized carbons (Fsp3) is 0.176. The number of urea groups is 1. The van der Waals surface area contributed by atoms with Gasteiger partial charge in [-0.05, 0) is 24.6 Å². The van der Waals surface area contributed by atoms with Crippen LogP contribution in [0.1, 0.15) is 11.1 Å². The van der Waals surface area contributed by atoms with Gasteiger partial charge in [-0.25, -0.2) is 17.5 Å². The molecule has 124 valence electrons. The van der Waals surface area contributed by atoms with Gasteiger partial charge < -0.3 is 0 Å². The number of benzene rings is 2. The number of carbonyl (C=O) groups excluding carboxylic acids is 2. The van der Waals surface area contributed by atoms with Crippen molar-refractivity contribution in [3.05, 3.63) is 65.7 Å². The van der Waals surface area contributed by atoms with Gasteiger partial charge in [0.2, 0.25) is 0 Å². The van der Waals surface area contributed by atoms with Gasteiger partial charge in [0.05, 0.1) is 4.90 Å². The summed E-state index contributed by atoms with van der Waals surface area (Å²) in [5.74, 6) is -0.612. The molecule has 1 N–H and O–H groups in total. The molecule has 0 saturated carbocycles. The lowest BCUT2D eigenvalue weighted by atomic mass is 10.1. The van der Waals surface area contributed by atoms with Crippen LogP contribution in [0, 0.1) is 6.92 Å². The second-order valence-electron chi connectivity index (χ2n) is 5.61. The summed E-state index contributed by atoms with van der Waals surface area (Å²) in [5.41, 5.74) is 1.67. The maximum Gasteiger partial charge on any atom is 0.338 e. The Kier molecular flexibility index (Phi) is 4.11. The summed E-state index contributed by atoms with van der Waals surface area (Å²) >= 11 is 0. The molecule has 1 fully saturated rings. The third-order valence-electron chi connectivity index (χ3n) is 3.87. The van der Waals surface area contributed by atoms with Gasteiger partial charge in [0.25, 0.3) is 15.9 Å². The lowest BCUT2D eigenvalue weighted by molar-refractivity contribution is -0.120. The topological polar surface area (TPSA) is 83.6 Å². The van der Waals surface area contributed by atoms with E-state index in [1.807, 2.05) is 13.0 Å². The number of nitrogens with one attached hydrogen (secondary N) is 1. The van der Waals surface area contributed by atoms with Crippen molar-refractivity contribution in [2.75, 3.05) is 0 Å². The van der Waals surface area contributed by atoms with Crippen molar-refractivity contribution in [3.8, 4) is 0 Å². The second-order valence-corrected chi connectivity index (χ2v) is 7.43. The van der Waals surface area contributed by atoms with Gasteiger partial charge in [-0.1, -0.05) is 48.0 Å². The van der Waals surface area contributed by atoms with E-state index in [9.17, 15) is 18.0 Å². The van der Waals surface area contributed by atoms with Gasteiger partial charge in [-0.3, -0.25) is 10.1 Å². The molecule has 3 amide bonds. The third kappa shape index (κ3) is 2.90. The maximum atomic E-state index is 12.8. The second kappa shape index (κ2) is 6.09. The minimum atomic E-state index is -4.11. The number of hydrogen-bond donors (Lipinski definition) is 1. The minimum absolute atomic E-state index is 0.0176. The van der Waals surface area contributed by atoms with Crippen molar-refractivity contribution in [2.45, 2.75) is 24.3 Å². The standard InChI is InChI=1S/C17H16N2O4S/c1-12-7-9-14(10-8-12)24(22,23)19-15(16(20)18-17(19)21)11-13-5-3-2-4-6-13/h2-10,15H,11H2,1H3,(H,18,20,21). The van der Waals surface area contributed by atoms with Gasteiger partial charge >= 0.3 is 6.03 Å². The van der Waals surface area contributed by atoms with E-state index in [1.54, 1.807) is 36.4 Å². The molecule has 3 rings (SSSR count). The maximum absolute atomic E-state index is 12.8. The molecule has 0 bridgehead atoms. The molecule has 0 aromatic heterocycles. The molecule has 1 heterocycles. The molecule has 2 aromatic carbocycles. The monoisotopic (exact) mass is 344 g/mol. The molecule has 0 spiro atoms. The van der Waals surface area contributed by atoms with Crippen molar-refractivity contribution in [2.24, 2.45) is 0 Å². The summed E-state index contributed by atoms with van der Waals surface area (Å²) < 4.78 is 26.3. The van der Waals surface area contributed by atoms with Crippen LogP contribution in [0.5, 0.6) is 0 Å². The fourth-order valence-corrected chi connectivity index (χ4v) is 4.08. The number of hydrogen-bond acceptors (Lipinski definition) is 4. The first kappa shape index (κ1) is 16.2. The Bertz CT molecular complexity index is 877. The third-order valence-corrected chi connectivity index (χ3v) is 5.67. The van der Waals surface area contributed by atoms with Gasteiger partial charge in [0, 0.05) is 6.42 Å². The first-order valence-corrected chi connectivity index (χ1v) is 8.83. The van der Waals surface area contributed by atoms with E-state index in [2.05, 4.69) is 5.32 Å². The van der Waals surface area contributed by atoms with Crippen LogP contribution in [0.2, 0.25) is 0 Å². The van der Waals surface area contributed by atoms with E-state index >= 15 is 0 Å². The zero-order chi connectivity index (χ0) is 17.3. The summed E-state index contributed by atoms with van der Waals surface area (Å²) in [7, 11) is -4.11. The van der Waals surface area contributed by atoms with E-state index in [-0.39, 0.29) is 11.3 Å². The molecule has 0 radical (unpaired) electrons. The molecule has 1 aliphatic rings. The molecule has 1 unspecified atom stereocenters. The lowest BCUT2D eigenvalue weighted by Gasteiger charge is -2.21. The smallest absolute Gasteiger partial charge is 0.275 e. The minimum Gasteiger partial charge on any atom is -0.275 e. The highest BCUT2D eigenvalue weighted by atomic mass is 32.2. The zero-order valence-electron chi connectivity index (χ0n) is 13.0. The Morgan fingerprint density at radius 2 is 1.62 bits per heavy atom. The SMILES string of the molecule is Cc1ccc(S(=O)(=O)N2C(=O)NC(=O)C2Cc2ccccc2)cc1. The van der Waals surface area contributed by atoms with E-state index < -0.39 is 28.0 Å². The van der Waals surface area contributed by atoms with Crippen LogP contribution in [0.25, 0.3) is 0 Å². The van der Waals surface area contributed by atoms with Gasteiger partial charge in [-0.15, -0.1) is 0 Å². The van der Waals surface area contributed by atoms with Crippen LogP contribution in [-0.4, -0.2) is 30.7 Å². The Morgan fingerprint density at radius 3 is 2.25 bits per heavy atom. The van der Waals surface area contributed by atoms with E-state index in [1.165, 1.54) is 12.1 Å². The van der Waals surface area contributed by atoms with Crippen LogP contribution in [0.15, 0.2) is 59.5 Å². The lowest BCUT2D eigenvalue weighted by Crippen LogP contribution is -2.41. The van der Waals surface area contributed by atoms with E-state index in [0.29, 0.717) is 4.31 Å². The molecular formula is C17H16N2O4S. The Balaban J connectivity index is 1.98. The summed E-state index contributed by atoms with van der Waals surface area (Å²) in [4.78, 5) is 24.2. The molecule has 1 saturated heterocycles. The van der Waals surface area contributed by atoms with Crippen LogP contribution >= 0.6 is 0 Å². The highest BCUT2D eigenvalue weighted by molar-refractivity contribution is 7.89. The summed E-state index contributed by atoms with van der Waals surface area (Å²) in [6, 6.07) is 13.1. The van der Waals surface area contributed by atoms with Crippen LogP contribution in [-0.2, 0) is 21.2 Å². The van der Waals surface area contributed by atoms with Crippen molar-refractivity contribution in [1.82, 2.24) is 9.62 Å². The van der Waals surface area contributed by atoms with Crippen molar-refractivity contribution >= 4 is 22.0 Å². The molecule has 1 aliphatic heterocycles. The fourth-order valence-electron chi connectivity index (χ4n) is 2.61. The number of carbonyl (C=O) groups is 2. The summed E-state index contributed by atoms with van der Waals surface area (Å²) in [6.45, 7) is 1.83. The van der Waals surface area contributed by atoms with Crippen molar-refractivity contribution < 1.29 is 18.0 Å².